The van der Waals surface area contributed by atoms with E-state index in [1.54, 1.807) is 12.1 Å². The van der Waals surface area contributed by atoms with Gasteiger partial charge in [-0.2, -0.15) is 0 Å². The van der Waals surface area contributed by atoms with E-state index < -0.39 is 5.97 Å². The van der Waals surface area contributed by atoms with E-state index in [2.05, 4.69) is 0 Å². The average Bonchev–Trinajstić information content (AvgIpc) is 2.61. The third-order valence-electron chi connectivity index (χ3n) is 4.66. The van der Waals surface area contributed by atoms with E-state index in [0.717, 1.165) is 56.9 Å². The van der Waals surface area contributed by atoms with Crippen LogP contribution in [0.1, 0.15) is 94.0 Å². The number of rotatable bonds is 15. The first kappa shape index (κ1) is 23.0. The molecule has 1 aromatic carbocycles. The van der Waals surface area contributed by atoms with Crippen molar-refractivity contribution in [3.63, 3.8) is 0 Å². The largest absolute Gasteiger partial charge is 0.507 e. The lowest BCUT2D eigenvalue weighted by atomic mass is 10.0. The first-order valence-corrected chi connectivity index (χ1v) is 10.2. The van der Waals surface area contributed by atoms with Crippen LogP contribution >= 0.6 is 0 Å². The molecule has 5 heteroatoms. The molecule has 0 saturated carbocycles. The highest BCUT2D eigenvalue weighted by atomic mass is 16.5. The Bertz CT molecular complexity index is 595. The maximum absolute atomic E-state index is 11.6. The second-order valence-corrected chi connectivity index (χ2v) is 7.07. The number of aromatic hydroxyl groups is 1. The molecular formula is C22H34O5. The standard InChI is InChI=1S/C22H34O5/c1-3-12-19-20(15-14-18(17(2)23)22(19)26)27-16-11-9-7-5-4-6-8-10-13-21(24)25/h14-15,26H,3-13,16H2,1-2H3,(H,24,25). The number of unbranched alkanes of at least 4 members (excludes halogenated alkanes) is 7. The summed E-state index contributed by atoms with van der Waals surface area (Å²) in [5.74, 6) is -0.108. The number of phenols is 1. The van der Waals surface area contributed by atoms with Gasteiger partial charge in [0.1, 0.15) is 11.5 Å². The first-order valence-electron chi connectivity index (χ1n) is 10.2. The van der Waals surface area contributed by atoms with E-state index in [0.29, 0.717) is 24.3 Å². The second-order valence-electron chi connectivity index (χ2n) is 7.07. The molecule has 1 rings (SSSR count). The monoisotopic (exact) mass is 378 g/mol. The van der Waals surface area contributed by atoms with Gasteiger partial charge in [-0.25, -0.2) is 0 Å². The number of ketones is 1. The van der Waals surface area contributed by atoms with Crippen LogP contribution in [0.15, 0.2) is 12.1 Å². The zero-order valence-electron chi connectivity index (χ0n) is 16.8. The maximum Gasteiger partial charge on any atom is 0.303 e. The van der Waals surface area contributed by atoms with Crippen molar-refractivity contribution in [1.29, 1.82) is 0 Å². The van der Waals surface area contributed by atoms with Crippen molar-refractivity contribution >= 4 is 11.8 Å². The third-order valence-corrected chi connectivity index (χ3v) is 4.66. The molecule has 5 nitrogen and oxygen atoms in total. The van der Waals surface area contributed by atoms with Gasteiger partial charge in [0.15, 0.2) is 5.78 Å². The van der Waals surface area contributed by atoms with Gasteiger partial charge < -0.3 is 14.9 Å². The fourth-order valence-electron chi connectivity index (χ4n) is 3.15. The minimum atomic E-state index is -0.707. The SMILES string of the molecule is CCCc1c(OCCCCCCCCCCC(=O)O)ccc(C(C)=O)c1O. The zero-order chi connectivity index (χ0) is 20.1. The Morgan fingerprint density at radius 2 is 1.56 bits per heavy atom. The molecule has 0 aliphatic carbocycles. The Hall–Kier alpha value is -2.04. The molecule has 152 valence electrons. The highest BCUT2D eigenvalue weighted by Gasteiger charge is 2.15. The molecule has 0 aliphatic heterocycles. The smallest absolute Gasteiger partial charge is 0.303 e. The van der Waals surface area contributed by atoms with Gasteiger partial charge in [0.25, 0.3) is 0 Å². The quantitative estimate of drug-likeness (QED) is 0.310. The molecule has 0 amide bonds. The van der Waals surface area contributed by atoms with E-state index in [4.69, 9.17) is 9.84 Å². The van der Waals surface area contributed by atoms with Crippen LogP contribution in [-0.2, 0) is 11.2 Å². The lowest BCUT2D eigenvalue weighted by Gasteiger charge is -2.14. The number of hydrogen-bond donors (Lipinski definition) is 2. The molecule has 27 heavy (non-hydrogen) atoms. The Labute approximate surface area is 162 Å². The topological polar surface area (TPSA) is 83.8 Å². The molecule has 0 saturated heterocycles. The molecule has 0 heterocycles. The van der Waals surface area contributed by atoms with Crippen molar-refractivity contribution in [2.45, 2.75) is 84.5 Å². The second kappa shape index (κ2) is 13.2. The molecular weight excluding hydrogens is 344 g/mol. The van der Waals surface area contributed by atoms with Crippen LogP contribution < -0.4 is 4.74 Å². The third kappa shape index (κ3) is 8.94. The van der Waals surface area contributed by atoms with Crippen molar-refractivity contribution in [3.05, 3.63) is 23.3 Å². The van der Waals surface area contributed by atoms with Gasteiger partial charge in [0.2, 0.25) is 0 Å². The summed E-state index contributed by atoms with van der Waals surface area (Å²) in [6, 6.07) is 3.43. The van der Waals surface area contributed by atoms with Crippen LogP contribution in [0.3, 0.4) is 0 Å². The zero-order valence-corrected chi connectivity index (χ0v) is 16.8. The first-order chi connectivity index (χ1) is 13.0. The molecule has 0 aliphatic rings. The minimum absolute atomic E-state index is 0.0600. The number of carboxylic acids is 1. The Morgan fingerprint density at radius 1 is 0.963 bits per heavy atom. The van der Waals surface area contributed by atoms with Gasteiger partial charge in [-0.05, 0) is 38.3 Å². The van der Waals surface area contributed by atoms with Gasteiger partial charge >= 0.3 is 5.97 Å². The molecule has 0 radical (unpaired) electrons. The molecule has 2 N–H and O–H groups in total. The van der Waals surface area contributed by atoms with Gasteiger partial charge in [-0.15, -0.1) is 0 Å². The number of carbonyl (C=O) groups excluding carboxylic acids is 1. The van der Waals surface area contributed by atoms with Crippen LogP contribution in [0.25, 0.3) is 0 Å². The van der Waals surface area contributed by atoms with E-state index in [1.807, 2.05) is 6.92 Å². The summed E-state index contributed by atoms with van der Waals surface area (Å²) in [7, 11) is 0. The van der Waals surface area contributed by atoms with Gasteiger partial charge in [-0.1, -0.05) is 51.9 Å². The average molecular weight is 379 g/mol. The summed E-state index contributed by atoms with van der Waals surface area (Å²) in [5, 5.41) is 18.9. The highest BCUT2D eigenvalue weighted by Crippen LogP contribution is 2.33. The van der Waals surface area contributed by atoms with Crippen LogP contribution in [0.2, 0.25) is 0 Å². The van der Waals surface area contributed by atoms with Crippen molar-refractivity contribution in [2.24, 2.45) is 0 Å². The van der Waals surface area contributed by atoms with Crippen LogP contribution in [-0.4, -0.2) is 28.6 Å². The van der Waals surface area contributed by atoms with Crippen molar-refractivity contribution < 1.29 is 24.5 Å². The summed E-state index contributed by atoms with van der Waals surface area (Å²) in [5.41, 5.74) is 1.08. The maximum atomic E-state index is 11.6. The molecule has 0 aromatic heterocycles. The van der Waals surface area contributed by atoms with Crippen LogP contribution in [0, 0.1) is 0 Å². The molecule has 0 atom stereocenters. The molecule has 0 unspecified atom stereocenters. The molecule has 1 aromatic rings. The van der Waals surface area contributed by atoms with Crippen molar-refractivity contribution in [1.82, 2.24) is 0 Å². The van der Waals surface area contributed by atoms with Crippen LogP contribution in [0.4, 0.5) is 0 Å². The van der Waals surface area contributed by atoms with Crippen LogP contribution in [0.5, 0.6) is 11.5 Å². The Kier molecular flexibility index (Phi) is 11.2. The fourth-order valence-corrected chi connectivity index (χ4v) is 3.15. The van der Waals surface area contributed by atoms with Gasteiger partial charge in [-0.3, -0.25) is 9.59 Å². The number of phenolic OH excluding ortho intramolecular Hbond substituents is 1. The predicted molar refractivity (Wildman–Crippen MR) is 107 cm³/mol. The molecule has 0 spiro atoms. The van der Waals surface area contributed by atoms with E-state index >= 15 is 0 Å². The normalized spacial score (nSPS) is 10.7. The summed E-state index contributed by atoms with van der Waals surface area (Å²) in [6.07, 6.45) is 10.2. The predicted octanol–water partition coefficient (Wildman–Crippen LogP) is 5.52. The summed E-state index contributed by atoms with van der Waals surface area (Å²) in [4.78, 5) is 22.0. The number of carboxylic acid groups (broad SMARTS) is 1. The van der Waals surface area contributed by atoms with E-state index in [9.17, 15) is 14.7 Å². The van der Waals surface area contributed by atoms with Crippen molar-refractivity contribution in [2.75, 3.05) is 6.61 Å². The van der Waals surface area contributed by atoms with Gasteiger partial charge in [0, 0.05) is 12.0 Å². The highest BCUT2D eigenvalue weighted by molar-refractivity contribution is 5.97. The number of Topliss-reactive ketones (excluding diaryl/α,β-unsaturated/α-hetero) is 1. The van der Waals surface area contributed by atoms with Crippen molar-refractivity contribution in [3.8, 4) is 11.5 Å². The van der Waals surface area contributed by atoms with E-state index in [-0.39, 0.29) is 18.0 Å². The Balaban J connectivity index is 2.25. The number of aliphatic carboxylic acids is 1. The summed E-state index contributed by atoms with van der Waals surface area (Å²) >= 11 is 0. The lowest BCUT2D eigenvalue weighted by Crippen LogP contribution is -2.03. The molecule has 0 fully saturated rings. The number of carbonyl (C=O) groups is 2. The summed E-state index contributed by atoms with van der Waals surface area (Å²) in [6.45, 7) is 4.09. The number of hydrogen-bond acceptors (Lipinski definition) is 4. The molecule has 0 bridgehead atoms. The van der Waals surface area contributed by atoms with Gasteiger partial charge in [0.05, 0.1) is 12.2 Å². The number of benzene rings is 1. The Morgan fingerprint density at radius 3 is 2.11 bits per heavy atom. The lowest BCUT2D eigenvalue weighted by molar-refractivity contribution is -0.137. The number of ether oxygens (including phenoxy) is 1. The minimum Gasteiger partial charge on any atom is -0.507 e. The van der Waals surface area contributed by atoms with E-state index in [1.165, 1.54) is 13.3 Å². The fraction of sp³-hybridized carbons (Fsp3) is 0.636. The summed E-state index contributed by atoms with van der Waals surface area (Å²) < 4.78 is 5.86.